The molecule has 0 fully saturated rings. The second-order valence-corrected chi connectivity index (χ2v) is 3.41. The van der Waals surface area contributed by atoms with E-state index >= 15 is 0 Å². The fraction of sp³-hybridized carbons (Fsp3) is 0.333. The van der Waals surface area contributed by atoms with Crippen LogP contribution < -0.4 is 10.6 Å². The number of rotatable bonds is 5. The monoisotopic (exact) mass is 190 g/mol. The molecule has 76 valence electrons. The minimum absolute atomic E-state index is 0.317. The van der Waals surface area contributed by atoms with Crippen molar-refractivity contribution < 1.29 is 0 Å². The summed E-state index contributed by atoms with van der Waals surface area (Å²) in [6, 6.07) is 10.7. The molecular weight excluding hydrogens is 172 g/mol. The summed E-state index contributed by atoms with van der Waals surface area (Å²) in [5, 5.41) is 6.40. The van der Waals surface area contributed by atoms with E-state index in [1.807, 2.05) is 25.2 Å². The molecule has 1 rings (SSSR count). The third kappa shape index (κ3) is 3.23. The molecule has 1 atom stereocenters. The molecule has 1 aromatic rings. The number of nitrogens with one attached hydrogen (secondary N) is 2. The van der Waals surface area contributed by atoms with E-state index in [1.165, 1.54) is 5.56 Å². The fourth-order valence-corrected chi connectivity index (χ4v) is 1.40. The Morgan fingerprint density at radius 1 is 1.36 bits per heavy atom. The first-order valence-corrected chi connectivity index (χ1v) is 4.88. The third-order valence-electron chi connectivity index (χ3n) is 2.11. The van der Waals surface area contributed by atoms with Crippen molar-refractivity contribution in [3.8, 4) is 0 Å². The van der Waals surface area contributed by atoms with Gasteiger partial charge in [0.15, 0.2) is 0 Å². The van der Waals surface area contributed by atoms with Crippen LogP contribution in [0.3, 0.4) is 0 Å². The van der Waals surface area contributed by atoms with Crippen LogP contribution in [0.1, 0.15) is 18.5 Å². The van der Waals surface area contributed by atoms with Crippen molar-refractivity contribution in [2.75, 3.05) is 13.6 Å². The molecule has 0 radical (unpaired) electrons. The lowest BCUT2D eigenvalue weighted by Gasteiger charge is -2.17. The number of benzene rings is 1. The van der Waals surface area contributed by atoms with Crippen LogP contribution >= 0.6 is 0 Å². The van der Waals surface area contributed by atoms with E-state index in [9.17, 15) is 0 Å². The quantitative estimate of drug-likeness (QED) is 0.742. The first-order valence-electron chi connectivity index (χ1n) is 4.88. The van der Waals surface area contributed by atoms with Gasteiger partial charge in [-0.15, -0.1) is 0 Å². The van der Waals surface area contributed by atoms with E-state index < -0.39 is 0 Å². The number of hydrogen-bond acceptors (Lipinski definition) is 2. The first-order chi connectivity index (χ1) is 6.74. The molecule has 0 aromatic heterocycles. The molecule has 0 bridgehead atoms. The molecule has 0 spiro atoms. The minimum Gasteiger partial charge on any atom is -0.381 e. The summed E-state index contributed by atoms with van der Waals surface area (Å²) in [4.78, 5) is 0. The lowest BCUT2D eigenvalue weighted by Crippen LogP contribution is -2.24. The molecule has 2 N–H and O–H groups in total. The highest BCUT2D eigenvalue weighted by molar-refractivity contribution is 5.19. The van der Waals surface area contributed by atoms with Crippen LogP contribution in [0.15, 0.2) is 42.6 Å². The maximum Gasteiger partial charge on any atom is 0.0482 e. The third-order valence-corrected chi connectivity index (χ3v) is 2.11. The molecule has 1 unspecified atom stereocenters. The first kappa shape index (κ1) is 10.8. The van der Waals surface area contributed by atoms with Gasteiger partial charge in [0, 0.05) is 18.3 Å². The zero-order valence-electron chi connectivity index (χ0n) is 8.88. The van der Waals surface area contributed by atoms with E-state index in [0.717, 1.165) is 12.2 Å². The second-order valence-electron chi connectivity index (χ2n) is 3.41. The van der Waals surface area contributed by atoms with Gasteiger partial charge in [-0.1, -0.05) is 36.9 Å². The lowest BCUT2D eigenvalue weighted by molar-refractivity contribution is 0.630. The van der Waals surface area contributed by atoms with Gasteiger partial charge in [-0.25, -0.2) is 0 Å². The van der Waals surface area contributed by atoms with E-state index in [-0.39, 0.29) is 0 Å². The van der Waals surface area contributed by atoms with Gasteiger partial charge in [0.25, 0.3) is 0 Å². The van der Waals surface area contributed by atoms with Crippen LogP contribution in [-0.4, -0.2) is 13.6 Å². The molecule has 0 saturated carbocycles. The van der Waals surface area contributed by atoms with Crippen LogP contribution in [-0.2, 0) is 0 Å². The Hall–Kier alpha value is -1.28. The van der Waals surface area contributed by atoms with Crippen LogP contribution in [0.5, 0.6) is 0 Å². The number of hydrogen-bond donors (Lipinski definition) is 2. The van der Waals surface area contributed by atoms with E-state index in [4.69, 9.17) is 0 Å². The zero-order chi connectivity index (χ0) is 10.4. The van der Waals surface area contributed by atoms with Gasteiger partial charge in [-0.05, 0) is 19.5 Å². The summed E-state index contributed by atoms with van der Waals surface area (Å²) in [5.41, 5.74) is 2.30. The Morgan fingerprint density at radius 2 is 2.00 bits per heavy atom. The van der Waals surface area contributed by atoms with Gasteiger partial charge in [-0.3, -0.25) is 0 Å². The van der Waals surface area contributed by atoms with Gasteiger partial charge >= 0.3 is 0 Å². The van der Waals surface area contributed by atoms with Crippen LogP contribution in [0, 0.1) is 0 Å². The summed E-state index contributed by atoms with van der Waals surface area (Å²) in [6.45, 7) is 6.87. The van der Waals surface area contributed by atoms with Gasteiger partial charge < -0.3 is 10.6 Å². The van der Waals surface area contributed by atoms with Crippen LogP contribution in [0.4, 0.5) is 0 Å². The average Bonchev–Trinajstić information content (AvgIpc) is 2.19. The van der Waals surface area contributed by atoms with E-state index in [2.05, 4.69) is 36.3 Å². The van der Waals surface area contributed by atoms with E-state index in [1.54, 1.807) is 0 Å². The van der Waals surface area contributed by atoms with Crippen molar-refractivity contribution in [3.05, 3.63) is 48.2 Å². The average molecular weight is 190 g/mol. The van der Waals surface area contributed by atoms with Gasteiger partial charge in [0.2, 0.25) is 0 Å². The summed E-state index contributed by atoms with van der Waals surface area (Å²) in [5.74, 6) is 0. The molecule has 0 saturated heterocycles. The number of likely N-dealkylation sites (N-methyl/N-ethyl adjacent to an activating group) is 1. The highest BCUT2D eigenvalue weighted by Gasteiger charge is 2.03. The Bertz CT molecular complexity index is 280. The fourth-order valence-electron chi connectivity index (χ4n) is 1.40. The highest BCUT2D eigenvalue weighted by Crippen LogP contribution is 2.11. The standard InChI is InChI=1S/C12H18N2/c1-10(9-13-3)14-11(2)12-7-5-4-6-8-12/h4-8,11,13-14H,1,9H2,2-3H3. The van der Waals surface area contributed by atoms with Crippen molar-refractivity contribution in [2.45, 2.75) is 13.0 Å². The lowest BCUT2D eigenvalue weighted by atomic mass is 10.1. The minimum atomic E-state index is 0.317. The summed E-state index contributed by atoms with van der Waals surface area (Å²) in [6.07, 6.45) is 0. The molecule has 0 heterocycles. The topological polar surface area (TPSA) is 24.1 Å². The maximum absolute atomic E-state index is 3.94. The normalized spacial score (nSPS) is 12.1. The SMILES string of the molecule is C=C(CNC)NC(C)c1ccccc1. The molecule has 1 aromatic carbocycles. The maximum atomic E-state index is 3.94. The molecular formula is C12H18N2. The van der Waals surface area contributed by atoms with E-state index in [0.29, 0.717) is 6.04 Å². The summed E-state index contributed by atoms with van der Waals surface area (Å²) >= 11 is 0. The Balaban J connectivity index is 2.50. The zero-order valence-corrected chi connectivity index (χ0v) is 8.88. The molecule has 2 heteroatoms. The van der Waals surface area contributed by atoms with Gasteiger partial charge in [0.1, 0.15) is 0 Å². The molecule has 0 amide bonds. The Kier molecular flexibility index (Phi) is 4.20. The second kappa shape index (κ2) is 5.45. The van der Waals surface area contributed by atoms with Crippen molar-refractivity contribution in [1.29, 1.82) is 0 Å². The van der Waals surface area contributed by atoms with Gasteiger partial charge in [0.05, 0.1) is 0 Å². The molecule has 0 aliphatic heterocycles. The van der Waals surface area contributed by atoms with Crippen molar-refractivity contribution in [3.63, 3.8) is 0 Å². The van der Waals surface area contributed by atoms with Crippen molar-refractivity contribution in [1.82, 2.24) is 10.6 Å². The van der Waals surface area contributed by atoms with Crippen molar-refractivity contribution >= 4 is 0 Å². The molecule has 0 aliphatic carbocycles. The smallest absolute Gasteiger partial charge is 0.0482 e. The highest BCUT2D eigenvalue weighted by atomic mass is 15.0. The largest absolute Gasteiger partial charge is 0.381 e. The predicted octanol–water partition coefficient (Wildman–Crippen LogP) is 2.07. The van der Waals surface area contributed by atoms with Crippen molar-refractivity contribution in [2.24, 2.45) is 0 Å². The molecule has 0 aliphatic rings. The Labute approximate surface area is 86.0 Å². The summed E-state index contributed by atoms with van der Waals surface area (Å²) < 4.78 is 0. The van der Waals surface area contributed by atoms with Crippen LogP contribution in [0.2, 0.25) is 0 Å². The molecule has 14 heavy (non-hydrogen) atoms. The van der Waals surface area contributed by atoms with Gasteiger partial charge in [-0.2, -0.15) is 0 Å². The Morgan fingerprint density at radius 3 is 2.57 bits per heavy atom. The predicted molar refractivity (Wildman–Crippen MR) is 61.1 cm³/mol. The molecule has 2 nitrogen and oxygen atoms in total. The summed E-state index contributed by atoms with van der Waals surface area (Å²) in [7, 11) is 1.92. The van der Waals surface area contributed by atoms with Crippen LogP contribution in [0.25, 0.3) is 0 Å².